The molecule has 0 bridgehead atoms. The topological polar surface area (TPSA) is 159 Å². The lowest BCUT2D eigenvalue weighted by Crippen LogP contribution is -2.42. The molecule has 3 heterocycles. The van der Waals surface area contributed by atoms with Gasteiger partial charge in [-0.1, -0.05) is 42.3 Å². The number of aliphatic hydroxyl groups is 1. The van der Waals surface area contributed by atoms with Crippen molar-refractivity contribution in [3.63, 3.8) is 0 Å². The van der Waals surface area contributed by atoms with E-state index in [1.54, 1.807) is 52.1 Å². The van der Waals surface area contributed by atoms with E-state index in [9.17, 15) is 14.5 Å². The second-order valence-electron chi connectivity index (χ2n) is 10.8. The lowest BCUT2D eigenvalue weighted by molar-refractivity contribution is -0.149. The van der Waals surface area contributed by atoms with E-state index in [1.807, 2.05) is 24.1 Å². The Morgan fingerprint density at radius 3 is 2.69 bits per heavy atom. The Morgan fingerprint density at radius 2 is 1.98 bits per heavy atom. The fourth-order valence-electron chi connectivity index (χ4n) is 4.97. The Kier molecular flexibility index (Phi) is 9.11. The minimum Gasteiger partial charge on any atom is -0.462 e. The number of esters is 1. The molecule has 5 rings (SSSR count). The predicted octanol–water partition coefficient (Wildman–Crippen LogP) is 4.06. The highest BCUT2D eigenvalue weighted by Gasteiger charge is 2.58. The predicted molar refractivity (Wildman–Crippen MR) is 164 cm³/mol. The SMILES string of the molecule is C#C[C@@]1(F)[C@H](O)[C@@H](COP(=O)(N[C@H](C)C(=O)OC(C)C)Oc2cccc3ccccc23)O[C@H]1n1cnc2c(NC)nc(C)nc21. The first-order valence-corrected chi connectivity index (χ1v) is 15.7. The van der Waals surface area contributed by atoms with Crippen molar-refractivity contribution in [3.8, 4) is 18.1 Å². The molecule has 0 radical (unpaired) electrons. The number of hydrogen-bond acceptors (Lipinski definition) is 11. The fourth-order valence-corrected chi connectivity index (χ4v) is 6.49. The fraction of sp³-hybridized carbons (Fsp3) is 0.400. The minimum atomic E-state index is -4.43. The zero-order valence-electron chi connectivity index (χ0n) is 25.3. The Hall–Kier alpha value is -4.12. The van der Waals surface area contributed by atoms with Gasteiger partial charge in [0.2, 0.25) is 5.67 Å². The molecule has 1 saturated heterocycles. The average molecular weight is 641 g/mol. The normalized spacial score (nSPS) is 23.5. The summed E-state index contributed by atoms with van der Waals surface area (Å²) in [5, 5.41) is 18.0. The number of aliphatic hydroxyl groups excluding tert-OH is 1. The van der Waals surface area contributed by atoms with Crippen molar-refractivity contribution < 1.29 is 37.4 Å². The molecule has 4 aromatic rings. The highest BCUT2D eigenvalue weighted by atomic mass is 31.2. The van der Waals surface area contributed by atoms with Crippen molar-refractivity contribution in [3.05, 3.63) is 54.6 Å². The number of nitrogens with one attached hydrogen (secondary N) is 2. The van der Waals surface area contributed by atoms with Gasteiger partial charge in [0, 0.05) is 12.4 Å². The van der Waals surface area contributed by atoms with Gasteiger partial charge < -0.3 is 24.4 Å². The molecule has 0 spiro atoms. The van der Waals surface area contributed by atoms with Gasteiger partial charge in [0.15, 0.2) is 23.2 Å². The highest BCUT2D eigenvalue weighted by Crippen LogP contribution is 2.49. The maximum absolute atomic E-state index is 16.4. The van der Waals surface area contributed by atoms with Crippen molar-refractivity contribution in [2.75, 3.05) is 19.0 Å². The molecule has 238 valence electrons. The first-order chi connectivity index (χ1) is 21.4. The van der Waals surface area contributed by atoms with Gasteiger partial charge in [0.25, 0.3) is 0 Å². The molecule has 1 fully saturated rings. The Morgan fingerprint density at radius 1 is 1.24 bits per heavy atom. The largest absolute Gasteiger partial charge is 0.462 e. The van der Waals surface area contributed by atoms with Crippen LogP contribution in [0.2, 0.25) is 0 Å². The van der Waals surface area contributed by atoms with E-state index in [1.165, 1.54) is 17.8 Å². The second-order valence-corrected chi connectivity index (χ2v) is 12.5. The summed E-state index contributed by atoms with van der Waals surface area (Å²) in [6.07, 6.45) is 1.51. The van der Waals surface area contributed by atoms with Gasteiger partial charge in [0.05, 0.1) is 19.0 Å². The van der Waals surface area contributed by atoms with Crippen LogP contribution in [0.5, 0.6) is 5.75 Å². The molecule has 0 aliphatic carbocycles. The van der Waals surface area contributed by atoms with E-state index in [2.05, 4.69) is 25.4 Å². The van der Waals surface area contributed by atoms with Gasteiger partial charge in [-0.2, -0.15) is 5.09 Å². The Labute approximate surface area is 259 Å². The third kappa shape index (κ3) is 6.36. The standard InChI is InChI=1S/C30H34FN6O7P/c1-7-30(31)25(38)23(43-29(30)37-16-33-24-26(32-6)34-19(5)35-27(24)37)15-41-45(40,36-18(4)28(39)42-17(2)3)44-22-14-10-12-20-11-8-9-13-21(20)22/h1,8-14,16-18,23,25,29,38H,15H2,2-6H3,(H,36,40)(H,32,34,35)/t18-,23-,25-,29-,30-,45?/m1/s1. The molecule has 6 atom stereocenters. The number of carbonyl (C=O) groups excluding carboxylic acids is 1. The third-order valence-electron chi connectivity index (χ3n) is 7.12. The van der Waals surface area contributed by atoms with Crippen molar-refractivity contribution in [1.82, 2.24) is 24.6 Å². The van der Waals surface area contributed by atoms with Gasteiger partial charge in [-0.15, -0.1) is 6.42 Å². The average Bonchev–Trinajstić information content (AvgIpc) is 3.53. The van der Waals surface area contributed by atoms with Crippen LogP contribution in [0.1, 0.15) is 32.8 Å². The Bertz CT molecular complexity index is 1810. The van der Waals surface area contributed by atoms with Crippen molar-refractivity contribution >= 4 is 41.5 Å². The summed E-state index contributed by atoms with van der Waals surface area (Å²) < 4.78 is 54.7. The van der Waals surface area contributed by atoms with Crippen LogP contribution in [-0.4, -0.2) is 74.3 Å². The number of alkyl halides is 1. The number of hydrogen-bond donors (Lipinski definition) is 3. The molecule has 45 heavy (non-hydrogen) atoms. The second kappa shape index (κ2) is 12.7. The molecule has 2 aromatic carbocycles. The number of nitrogens with zero attached hydrogens (tertiary/aromatic N) is 4. The summed E-state index contributed by atoms with van der Waals surface area (Å²) in [6, 6.07) is 11.2. The molecule has 0 saturated carbocycles. The minimum absolute atomic E-state index is 0.197. The molecular weight excluding hydrogens is 606 g/mol. The zero-order chi connectivity index (χ0) is 32.5. The summed E-state index contributed by atoms with van der Waals surface area (Å²) >= 11 is 0. The number of halogens is 1. The van der Waals surface area contributed by atoms with Crippen LogP contribution in [0.25, 0.3) is 21.9 Å². The number of terminal acetylenes is 1. The number of anilines is 1. The molecule has 15 heteroatoms. The van der Waals surface area contributed by atoms with Crippen LogP contribution >= 0.6 is 7.75 Å². The van der Waals surface area contributed by atoms with E-state index < -0.39 is 56.6 Å². The maximum atomic E-state index is 16.4. The molecule has 1 unspecified atom stereocenters. The van der Waals surface area contributed by atoms with Crippen molar-refractivity contribution in [1.29, 1.82) is 0 Å². The number of ether oxygens (including phenoxy) is 2. The van der Waals surface area contributed by atoms with E-state index in [0.717, 1.165) is 5.39 Å². The number of aryl methyl sites for hydroxylation is 1. The number of rotatable bonds is 11. The molecule has 2 aromatic heterocycles. The molecule has 1 aliphatic heterocycles. The molecule has 13 nitrogen and oxygen atoms in total. The van der Waals surface area contributed by atoms with Crippen molar-refractivity contribution in [2.45, 2.75) is 63.9 Å². The molecule has 0 amide bonds. The van der Waals surface area contributed by atoms with E-state index in [4.69, 9.17) is 24.9 Å². The van der Waals surface area contributed by atoms with Gasteiger partial charge in [-0.3, -0.25) is 13.9 Å². The summed E-state index contributed by atoms with van der Waals surface area (Å²) in [5.74, 6) is 2.28. The summed E-state index contributed by atoms with van der Waals surface area (Å²) in [4.78, 5) is 25.5. The summed E-state index contributed by atoms with van der Waals surface area (Å²) in [5.41, 5.74) is -2.21. The van der Waals surface area contributed by atoms with Gasteiger partial charge >= 0.3 is 13.7 Å². The van der Waals surface area contributed by atoms with Gasteiger partial charge in [0.1, 0.15) is 29.8 Å². The lowest BCUT2D eigenvalue weighted by atomic mass is 9.97. The van der Waals surface area contributed by atoms with Gasteiger partial charge in [-0.25, -0.2) is 23.9 Å². The smallest absolute Gasteiger partial charge is 0.459 e. The monoisotopic (exact) mass is 640 g/mol. The number of aromatic nitrogens is 4. The van der Waals surface area contributed by atoms with Crippen LogP contribution in [0, 0.1) is 19.3 Å². The first kappa shape index (κ1) is 32.3. The third-order valence-corrected chi connectivity index (χ3v) is 8.75. The molecular formula is C30H34FN6O7P. The zero-order valence-corrected chi connectivity index (χ0v) is 26.2. The van der Waals surface area contributed by atoms with Crippen molar-refractivity contribution in [2.24, 2.45) is 0 Å². The Balaban J connectivity index is 1.44. The number of imidazole rings is 1. The highest BCUT2D eigenvalue weighted by molar-refractivity contribution is 7.52. The summed E-state index contributed by atoms with van der Waals surface area (Å²) in [7, 11) is -2.78. The van der Waals surface area contributed by atoms with Gasteiger partial charge in [-0.05, 0) is 39.1 Å². The lowest BCUT2D eigenvalue weighted by Gasteiger charge is -2.25. The first-order valence-electron chi connectivity index (χ1n) is 14.2. The van der Waals surface area contributed by atoms with E-state index in [-0.39, 0.29) is 11.4 Å². The molecule has 3 N–H and O–H groups in total. The number of benzene rings is 2. The number of fused-ring (bicyclic) bond motifs is 2. The van der Waals surface area contributed by atoms with Crippen LogP contribution in [0.15, 0.2) is 48.8 Å². The van der Waals surface area contributed by atoms with Crippen LogP contribution in [0.3, 0.4) is 0 Å². The van der Waals surface area contributed by atoms with Crippen LogP contribution in [-0.2, 0) is 23.4 Å². The van der Waals surface area contributed by atoms with E-state index in [0.29, 0.717) is 22.5 Å². The molecule has 1 aliphatic rings. The summed E-state index contributed by atoms with van der Waals surface area (Å²) in [6.45, 7) is 5.79. The number of carbonyl (C=O) groups is 1. The quantitative estimate of drug-likeness (QED) is 0.123. The van der Waals surface area contributed by atoms with Crippen LogP contribution < -0.4 is 14.9 Å². The van der Waals surface area contributed by atoms with E-state index >= 15 is 4.39 Å². The maximum Gasteiger partial charge on any atom is 0.459 e. The van der Waals surface area contributed by atoms with Crippen LogP contribution in [0.4, 0.5) is 10.2 Å².